The maximum absolute atomic E-state index is 11.7. The van der Waals surface area contributed by atoms with E-state index in [4.69, 9.17) is 0 Å². The van der Waals surface area contributed by atoms with Crippen molar-refractivity contribution in [3.05, 3.63) is 23.8 Å². The monoisotopic (exact) mass is 307 g/mol. The first-order valence-electron chi connectivity index (χ1n) is 7.49. The van der Waals surface area contributed by atoms with E-state index in [1.165, 1.54) is 24.6 Å². The van der Waals surface area contributed by atoms with Gasteiger partial charge in [-0.1, -0.05) is 19.9 Å². The third-order valence-corrected chi connectivity index (χ3v) is 5.45. The first-order valence-corrected chi connectivity index (χ1v) is 8.71. The summed E-state index contributed by atoms with van der Waals surface area (Å²) < 4.78 is 0. The summed E-state index contributed by atoms with van der Waals surface area (Å²) in [6, 6.07) is 6.21. The molecule has 0 amide bonds. The average Bonchev–Trinajstić information content (AvgIpc) is 2.45. The van der Waals surface area contributed by atoms with Crippen LogP contribution in [0, 0.1) is 5.41 Å². The van der Waals surface area contributed by atoms with Crippen molar-refractivity contribution < 1.29 is 9.90 Å². The topological polar surface area (TPSA) is 40.5 Å². The molecule has 21 heavy (non-hydrogen) atoms. The largest absolute Gasteiger partial charge is 0.478 e. The van der Waals surface area contributed by atoms with Crippen LogP contribution in [0.2, 0.25) is 0 Å². The van der Waals surface area contributed by atoms with Crippen molar-refractivity contribution >= 4 is 23.4 Å². The van der Waals surface area contributed by atoms with Gasteiger partial charge in [-0.2, -0.15) is 0 Å². The lowest BCUT2D eigenvalue weighted by Gasteiger charge is -2.40. The quantitative estimate of drug-likeness (QED) is 0.831. The van der Waals surface area contributed by atoms with E-state index in [-0.39, 0.29) is 0 Å². The summed E-state index contributed by atoms with van der Waals surface area (Å²) in [4.78, 5) is 14.7. The Morgan fingerprint density at radius 1 is 1.33 bits per heavy atom. The molecule has 0 bridgehead atoms. The SMILES string of the molecule is CSc1cccc(N(C)C2CCC(C)(C)CC2)c1C(=O)O. The van der Waals surface area contributed by atoms with Crippen LogP contribution < -0.4 is 4.90 Å². The van der Waals surface area contributed by atoms with Crippen LogP contribution >= 0.6 is 11.8 Å². The Morgan fingerprint density at radius 3 is 2.48 bits per heavy atom. The normalized spacial score (nSPS) is 18.5. The maximum atomic E-state index is 11.7. The molecule has 3 nitrogen and oxygen atoms in total. The molecule has 1 aliphatic rings. The number of hydrogen-bond donors (Lipinski definition) is 1. The van der Waals surface area contributed by atoms with Crippen LogP contribution in [-0.2, 0) is 0 Å². The molecule has 0 radical (unpaired) electrons. The number of carboxylic acid groups (broad SMARTS) is 1. The number of anilines is 1. The van der Waals surface area contributed by atoms with Gasteiger partial charge in [-0.25, -0.2) is 4.79 Å². The molecule has 1 saturated carbocycles. The number of carbonyl (C=O) groups is 1. The van der Waals surface area contributed by atoms with Gasteiger partial charge in [0.25, 0.3) is 0 Å². The average molecular weight is 307 g/mol. The van der Waals surface area contributed by atoms with Crippen LogP contribution in [-0.4, -0.2) is 30.4 Å². The van der Waals surface area contributed by atoms with Crippen molar-refractivity contribution in [2.45, 2.75) is 50.5 Å². The summed E-state index contributed by atoms with van der Waals surface area (Å²) in [6.45, 7) is 4.64. The van der Waals surface area contributed by atoms with E-state index in [9.17, 15) is 9.90 Å². The van der Waals surface area contributed by atoms with Gasteiger partial charge in [0.2, 0.25) is 0 Å². The molecule has 1 N–H and O–H groups in total. The van der Waals surface area contributed by atoms with Crippen LogP contribution in [0.5, 0.6) is 0 Å². The summed E-state index contributed by atoms with van der Waals surface area (Å²) in [5.74, 6) is -0.835. The summed E-state index contributed by atoms with van der Waals surface area (Å²) in [6.07, 6.45) is 6.59. The molecule has 0 spiro atoms. The fourth-order valence-corrected chi connectivity index (χ4v) is 3.78. The molecular formula is C17H25NO2S. The van der Waals surface area contributed by atoms with Gasteiger partial charge in [0.15, 0.2) is 0 Å². The van der Waals surface area contributed by atoms with Crippen molar-refractivity contribution in [1.29, 1.82) is 0 Å². The molecule has 1 aliphatic carbocycles. The van der Waals surface area contributed by atoms with Gasteiger partial charge < -0.3 is 10.0 Å². The molecule has 1 aromatic rings. The number of hydrogen-bond acceptors (Lipinski definition) is 3. The Morgan fingerprint density at radius 2 is 1.95 bits per heavy atom. The van der Waals surface area contributed by atoms with Gasteiger partial charge >= 0.3 is 5.97 Å². The molecule has 0 aromatic heterocycles. The lowest BCUT2D eigenvalue weighted by Crippen LogP contribution is -2.38. The number of aromatic carboxylic acids is 1. The Labute approximate surface area is 131 Å². The van der Waals surface area contributed by atoms with Crippen LogP contribution in [0.15, 0.2) is 23.1 Å². The second-order valence-electron chi connectivity index (χ2n) is 6.67. The van der Waals surface area contributed by atoms with Gasteiger partial charge in [-0.3, -0.25) is 0 Å². The van der Waals surface area contributed by atoms with Crippen molar-refractivity contribution in [2.24, 2.45) is 5.41 Å². The maximum Gasteiger partial charge on any atom is 0.338 e. The van der Waals surface area contributed by atoms with Gasteiger partial charge in [-0.05, 0) is 49.5 Å². The Balaban J connectivity index is 2.27. The summed E-state index contributed by atoms with van der Waals surface area (Å²) in [5, 5.41) is 9.57. The molecule has 0 aliphatic heterocycles. The second-order valence-corrected chi connectivity index (χ2v) is 7.51. The van der Waals surface area contributed by atoms with E-state index in [0.717, 1.165) is 23.4 Å². The van der Waals surface area contributed by atoms with Gasteiger partial charge in [0, 0.05) is 18.0 Å². The van der Waals surface area contributed by atoms with Gasteiger partial charge in [0.1, 0.15) is 0 Å². The highest BCUT2D eigenvalue weighted by Gasteiger charge is 2.30. The fourth-order valence-electron chi connectivity index (χ4n) is 3.17. The first kappa shape index (κ1) is 16.2. The van der Waals surface area contributed by atoms with Crippen molar-refractivity contribution in [1.82, 2.24) is 0 Å². The zero-order chi connectivity index (χ0) is 15.6. The van der Waals surface area contributed by atoms with Gasteiger partial charge in [0.05, 0.1) is 11.3 Å². The van der Waals surface area contributed by atoms with E-state index in [1.807, 2.05) is 31.5 Å². The zero-order valence-electron chi connectivity index (χ0n) is 13.3. The summed E-state index contributed by atoms with van der Waals surface area (Å²) >= 11 is 1.49. The molecule has 4 heteroatoms. The lowest BCUT2D eigenvalue weighted by atomic mass is 9.75. The van der Waals surface area contributed by atoms with E-state index in [0.29, 0.717) is 17.0 Å². The van der Waals surface area contributed by atoms with Crippen molar-refractivity contribution in [2.75, 3.05) is 18.2 Å². The molecule has 1 aromatic carbocycles. The Bertz CT molecular complexity index is 518. The molecule has 0 saturated heterocycles. The number of nitrogens with zero attached hydrogens (tertiary/aromatic N) is 1. The third kappa shape index (κ3) is 3.54. The molecule has 2 rings (SSSR count). The Kier molecular flexibility index (Phi) is 4.87. The molecule has 1 fully saturated rings. The highest BCUT2D eigenvalue weighted by molar-refractivity contribution is 7.98. The third-order valence-electron chi connectivity index (χ3n) is 4.67. The highest BCUT2D eigenvalue weighted by atomic mass is 32.2. The minimum absolute atomic E-state index is 0.425. The number of rotatable bonds is 4. The number of benzene rings is 1. The fraction of sp³-hybridized carbons (Fsp3) is 0.588. The van der Waals surface area contributed by atoms with E-state index >= 15 is 0 Å². The molecule has 0 atom stereocenters. The van der Waals surface area contributed by atoms with Crippen LogP contribution in [0.3, 0.4) is 0 Å². The van der Waals surface area contributed by atoms with Crippen LogP contribution in [0.25, 0.3) is 0 Å². The lowest BCUT2D eigenvalue weighted by molar-refractivity contribution is 0.0693. The van der Waals surface area contributed by atoms with Crippen LogP contribution in [0.4, 0.5) is 5.69 Å². The van der Waals surface area contributed by atoms with Gasteiger partial charge in [-0.15, -0.1) is 11.8 Å². The first-order chi connectivity index (χ1) is 9.85. The number of thioether (sulfide) groups is 1. The standard InChI is InChI=1S/C17H25NO2S/c1-17(2)10-8-12(9-11-17)18(3)13-6-5-7-14(21-4)15(13)16(19)20/h5-7,12H,8-11H2,1-4H3,(H,19,20). The van der Waals surface area contributed by atoms with E-state index < -0.39 is 5.97 Å². The Hall–Kier alpha value is -1.16. The molecular weight excluding hydrogens is 282 g/mol. The van der Waals surface area contributed by atoms with Crippen molar-refractivity contribution in [3.63, 3.8) is 0 Å². The zero-order valence-corrected chi connectivity index (χ0v) is 14.2. The highest BCUT2D eigenvalue weighted by Crippen LogP contribution is 2.39. The van der Waals surface area contributed by atoms with E-state index in [2.05, 4.69) is 18.7 Å². The second kappa shape index (κ2) is 6.30. The minimum atomic E-state index is -0.835. The molecule has 116 valence electrons. The molecule has 0 unspecified atom stereocenters. The smallest absolute Gasteiger partial charge is 0.338 e. The summed E-state index contributed by atoms with van der Waals surface area (Å²) in [7, 11) is 2.04. The minimum Gasteiger partial charge on any atom is -0.478 e. The summed E-state index contributed by atoms with van der Waals surface area (Å²) in [5.41, 5.74) is 1.71. The number of carboxylic acids is 1. The predicted molar refractivity (Wildman–Crippen MR) is 89.6 cm³/mol. The predicted octanol–water partition coefficient (Wildman–Crippen LogP) is 4.51. The van der Waals surface area contributed by atoms with Crippen LogP contribution in [0.1, 0.15) is 49.9 Å². The van der Waals surface area contributed by atoms with Crippen molar-refractivity contribution in [3.8, 4) is 0 Å². The van der Waals surface area contributed by atoms with E-state index in [1.54, 1.807) is 0 Å². The molecule has 0 heterocycles.